The number of fused-ring (bicyclic) bond motifs is 1. The van der Waals surface area contributed by atoms with E-state index in [2.05, 4.69) is 0 Å². The summed E-state index contributed by atoms with van der Waals surface area (Å²) in [6.07, 6.45) is 0.640. The number of hydrogen-bond donors (Lipinski definition) is 0. The van der Waals surface area contributed by atoms with Gasteiger partial charge in [-0.1, -0.05) is 42.5 Å². The Balaban J connectivity index is 1.79. The van der Waals surface area contributed by atoms with Crippen molar-refractivity contribution in [3.63, 3.8) is 0 Å². The van der Waals surface area contributed by atoms with Gasteiger partial charge in [0.05, 0.1) is 13.2 Å². The summed E-state index contributed by atoms with van der Waals surface area (Å²) in [5.41, 5.74) is 4.33. The van der Waals surface area contributed by atoms with E-state index in [0.717, 1.165) is 22.5 Å². The summed E-state index contributed by atoms with van der Waals surface area (Å²) in [6, 6.07) is 22.8. The molecule has 5 nitrogen and oxygen atoms in total. The highest BCUT2D eigenvalue weighted by Gasteiger charge is 2.38. The largest absolute Gasteiger partial charge is 0.497 e. The molecule has 0 saturated carbocycles. The van der Waals surface area contributed by atoms with E-state index >= 15 is 0 Å². The lowest BCUT2D eigenvalue weighted by Gasteiger charge is -2.43. The highest BCUT2D eigenvalue weighted by molar-refractivity contribution is 6.07. The van der Waals surface area contributed by atoms with Gasteiger partial charge in [-0.2, -0.15) is 0 Å². The van der Waals surface area contributed by atoms with Gasteiger partial charge in [0.2, 0.25) is 5.91 Å². The molecule has 0 N–H and O–H groups in total. The fraction of sp³-hybridized carbons (Fsp3) is 0.259. The molecule has 0 fully saturated rings. The van der Waals surface area contributed by atoms with Crippen LogP contribution in [0.4, 0.5) is 11.4 Å². The predicted molar refractivity (Wildman–Crippen MR) is 127 cm³/mol. The molecule has 0 aliphatic carbocycles. The number of ether oxygens (including phenoxy) is 1. The van der Waals surface area contributed by atoms with E-state index in [1.54, 1.807) is 20.1 Å². The average molecular weight is 429 g/mol. The number of anilines is 2. The second-order valence-electron chi connectivity index (χ2n) is 8.24. The topological polar surface area (TPSA) is 49.9 Å². The minimum atomic E-state index is -0.158. The van der Waals surface area contributed by atoms with Crippen molar-refractivity contribution >= 4 is 23.2 Å². The third-order valence-corrected chi connectivity index (χ3v) is 6.12. The summed E-state index contributed by atoms with van der Waals surface area (Å²) in [5.74, 6) is 0.556. The van der Waals surface area contributed by atoms with E-state index < -0.39 is 0 Å². The van der Waals surface area contributed by atoms with Crippen LogP contribution in [0.5, 0.6) is 5.75 Å². The smallest absolute Gasteiger partial charge is 0.258 e. The Bertz CT molecular complexity index is 1160. The number of amides is 2. The first-order valence-corrected chi connectivity index (χ1v) is 10.8. The zero-order chi connectivity index (χ0) is 22.8. The minimum Gasteiger partial charge on any atom is -0.497 e. The summed E-state index contributed by atoms with van der Waals surface area (Å²) >= 11 is 0. The van der Waals surface area contributed by atoms with Gasteiger partial charge in [-0.3, -0.25) is 9.59 Å². The summed E-state index contributed by atoms with van der Waals surface area (Å²) in [7, 11) is 1.59. The quantitative estimate of drug-likeness (QED) is 0.548. The maximum Gasteiger partial charge on any atom is 0.258 e. The third-order valence-electron chi connectivity index (χ3n) is 6.12. The van der Waals surface area contributed by atoms with Crippen LogP contribution >= 0.6 is 0 Å². The highest BCUT2D eigenvalue weighted by atomic mass is 16.5. The van der Waals surface area contributed by atoms with Crippen LogP contribution in [-0.4, -0.2) is 25.0 Å². The second-order valence-corrected chi connectivity index (χ2v) is 8.24. The number of benzene rings is 3. The van der Waals surface area contributed by atoms with Gasteiger partial charge in [-0.05, 0) is 61.7 Å². The Hall–Kier alpha value is -3.60. The van der Waals surface area contributed by atoms with E-state index in [1.807, 2.05) is 90.4 Å². The summed E-state index contributed by atoms with van der Waals surface area (Å²) in [6.45, 7) is 5.66. The summed E-state index contributed by atoms with van der Waals surface area (Å²) in [4.78, 5) is 30.1. The average Bonchev–Trinajstić information content (AvgIpc) is 2.80. The molecule has 0 bridgehead atoms. The van der Waals surface area contributed by atoms with Crippen LogP contribution in [0.25, 0.3) is 0 Å². The Kier molecular flexibility index (Phi) is 5.99. The standard InChI is InChI=1S/C27H28N2O3/c1-18-10-5-7-14-24(18)29(20(3)30)26-16-19(2)28(25-15-8-6-13-23(25)26)27(31)21-11-9-12-22(17-21)32-4/h5-15,17,19,26H,16H2,1-4H3/t19-,26+/m0/s1. The lowest BCUT2D eigenvalue weighted by atomic mass is 9.89. The molecule has 32 heavy (non-hydrogen) atoms. The third kappa shape index (κ3) is 3.86. The Morgan fingerprint density at radius 2 is 1.72 bits per heavy atom. The van der Waals surface area contributed by atoms with E-state index in [1.165, 1.54) is 0 Å². The van der Waals surface area contributed by atoms with Crippen molar-refractivity contribution in [1.82, 2.24) is 0 Å². The molecule has 0 saturated heterocycles. The molecule has 2 amide bonds. The van der Waals surface area contributed by atoms with Crippen LogP contribution in [0.3, 0.4) is 0 Å². The van der Waals surface area contributed by atoms with Gasteiger partial charge >= 0.3 is 0 Å². The Morgan fingerprint density at radius 3 is 2.44 bits per heavy atom. The molecule has 2 atom stereocenters. The van der Waals surface area contributed by atoms with E-state index in [4.69, 9.17) is 4.74 Å². The number of methoxy groups -OCH3 is 1. The van der Waals surface area contributed by atoms with Crippen molar-refractivity contribution in [2.24, 2.45) is 0 Å². The van der Waals surface area contributed by atoms with Crippen LogP contribution in [0.15, 0.2) is 72.8 Å². The van der Waals surface area contributed by atoms with Crippen molar-refractivity contribution in [3.05, 3.63) is 89.5 Å². The Labute approximate surface area is 189 Å². The number of carbonyl (C=O) groups excluding carboxylic acids is 2. The molecule has 0 radical (unpaired) electrons. The van der Waals surface area contributed by atoms with Crippen molar-refractivity contribution in [2.75, 3.05) is 16.9 Å². The van der Waals surface area contributed by atoms with Crippen molar-refractivity contribution in [2.45, 2.75) is 39.3 Å². The summed E-state index contributed by atoms with van der Waals surface area (Å²) in [5, 5.41) is 0. The minimum absolute atomic E-state index is 0.0149. The molecule has 1 heterocycles. The van der Waals surface area contributed by atoms with Crippen molar-refractivity contribution in [1.29, 1.82) is 0 Å². The fourth-order valence-electron chi connectivity index (χ4n) is 4.62. The van der Waals surface area contributed by atoms with Crippen LogP contribution in [0, 0.1) is 6.92 Å². The normalized spacial score (nSPS) is 17.4. The Morgan fingerprint density at radius 1 is 1.00 bits per heavy atom. The molecule has 4 rings (SSSR count). The number of para-hydroxylation sites is 2. The molecular weight excluding hydrogens is 400 g/mol. The molecule has 164 valence electrons. The van der Waals surface area contributed by atoms with E-state index in [-0.39, 0.29) is 23.9 Å². The fourth-order valence-corrected chi connectivity index (χ4v) is 4.62. The predicted octanol–water partition coefficient (Wildman–Crippen LogP) is 5.54. The van der Waals surface area contributed by atoms with Crippen LogP contribution in [0.1, 0.15) is 47.8 Å². The zero-order valence-corrected chi connectivity index (χ0v) is 18.9. The number of rotatable bonds is 4. The zero-order valence-electron chi connectivity index (χ0n) is 18.9. The first kappa shape index (κ1) is 21.6. The maximum absolute atomic E-state index is 13.6. The maximum atomic E-state index is 13.6. The number of carbonyl (C=O) groups is 2. The molecule has 3 aromatic carbocycles. The van der Waals surface area contributed by atoms with Gasteiger partial charge in [0, 0.05) is 29.9 Å². The molecule has 0 aromatic heterocycles. The molecule has 3 aromatic rings. The van der Waals surface area contributed by atoms with Gasteiger partial charge in [0.15, 0.2) is 0 Å². The van der Waals surface area contributed by atoms with Crippen LogP contribution < -0.4 is 14.5 Å². The van der Waals surface area contributed by atoms with Crippen molar-refractivity contribution < 1.29 is 14.3 Å². The van der Waals surface area contributed by atoms with Gasteiger partial charge in [0.25, 0.3) is 5.91 Å². The van der Waals surface area contributed by atoms with Crippen molar-refractivity contribution in [3.8, 4) is 5.75 Å². The number of nitrogens with zero attached hydrogens (tertiary/aromatic N) is 2. The molecule has 1 aliphatic heterocycles. The highest BCUT2D eigenvalue weighted by Crippen LogP contribution is 2.43. The summed E-state index contributed by atoms with van der Waals surface area (Å²) < 4.78 is 5.31. The van der Waals surface area contributed by atoms with Gasteiger partial charge in [0.1, 0.15) is 5.75 Å². The SMILES string of the molecule is COc1cccc(C(=O)N2c3ccccc3[C@H](N(C(C)=O)c3ccccc3C)C[C@@H]2C)c1. The van der Waals surface area contributed by atoms with E-state index in [0.29, 0.717) is 17.7 Å². The monoisotopic (exact) mass is 428 g/mol. The molecule has 0 unspecified atom stereocenters. The van der Waals surface area contributed by atoms with Gasteiger partial charge in [-0.15, -0.1) is 0 Å². The van der Waals surface area contributed by atoms with Gasteiger partial charge < -0.3 is 14.5 Å². The number of hydrogen-bond acceptors (Lipinski definition) is 3. The first-order valence-electron chi connectivity index (χ1n) is 10.8. The molecule has 1 aliphatic rings. The van der Waals surface area contributed by atoms with Gasteiger partial charge in [-0.25, -0.2) is 0 Å². The molecule has 0 spiro atoms. The number of aryl methyl sites for hydroxylation is 1. The lowest BCUT2D eigenvalue weighted by Crippen LogP contribution is -2.47. The molecular formula is C27H28N2O3. The van der Waals surface area contributed by atoms with Crippen LogP contribution in [0.2, 0.25) is 0 Å². The van der Waals surface area contributed by atoms with E-state index in [9.17, 15) is 9.59 Å². The second kappa shape index (κ2) is 8.87. The molecule has 5 heteroatoms. The first-order chi connectivity index (χ1) is 15.4. The lowest BCUT2D eigenvalue weighted by molar-refractivity contribution is -0.117. The van der Waals surface area contributed by atoms with Crippen LogP contribution in [-0.2, 0) is 4.79 Å².